The van der Waals surface area contributed by atoms with Crippen LogP contribution in [-0.4, -0.2) is 18.2 Å². The maximum Gasteiger partial charge on any atom is 0.321 e. The van der Waals surface area contributed by atoms with Crippen molar-refractivity contribution in [1.82, 2.24) is 10.5 Å². The Morgan fingerprint density at radius 1 is 1.23 bits per heavy atom. The lowest BCUT2D eigenvalue weighted by Gasteiger charge is -2.17. The van der Waals surface area contributed by atoms with E-state index < -0.39 is 0 Å². The Bertz CT molecular complexity index is 796. The summed E-state index contributed by atoms with van der Waals surface area (Å²) in [5.41, 5.74) is 3.42. The number of benzene rings is 2. The fourth-order valence-electron chi connectivity index (χ4n) is 2.28. The van der Waals surface area contributed by atoms with Crippen LogP contribution in [0, 0.1) is 6.92 Å². The number of fused-ring (bicyclic) bond motifs is 1. The highest BCUT2D eigenvalue weighted by Gasteiger charge is 2.13. The predicted octanol–water partition coefficient (Wildman–Crippen LogP) is 3.48. The number of hydrogen-bond donors (Lipinski definition) is 1. The molecule has 0 unspecified atom stereocenters. The molecule has 0 saturated heterocycles. The molecule has 0 aliphatic carbocycles. The number of amides is 2. The summed E-state index contributed by atoms with van der Waals surface area (Å²) in [6, 6.07) is 15.2. The van der Waals surface area contributed by atoms with Crippen molar-refractivity contribution in [3.05, 3.63) is 59.8 Å². The normalized spacial score (nSPS) is 10.6. The van der Waals surface area contributed by atoms with E-state index in [2.05, 4.69) is 10.5 Å². The van der Waals surface area contributed by atoms with Gasteiger partial charge in [0.25, 0.3) is 0 Å². The van der Waals surface area contributed by atoms with Gasteiger partial charge in [0, 0.05) is 18.1 Å². The van der Waals surface area contributed by atoms with E-state index in [1.165, 1.54) is 0 Å². The summed E-state index contributed by atoms with van der Waals surface area (Å²) in [4.78, 5) is 13.8. The molecule has 0 spiro atoms. The highest BCUT2D eigenvalue weighted by molar-refractivity contribution is 5.91. The SMILES string of the molecule is Cc1ccc2onc(CNC(=O)N(C)c3ccccc3)c2c1. The van der Waals surface area contributed by atoms with Gasteiger partial charge in [0.2, 0.25) is 0 Å². The van der Waals surface area contributed by atoms with Crippen molar-refractivity contribution in [2.24, 2.45) is 0 Å². The van der Waals surface area contributed by atoms with Crippen molar-refractivity contribution in [1.29, 1.82) is 0 Å². The second kappa shape index (κ2) is 5.89. The first-order chi connectivity index (χ1) is 10.6. The molecule has 112 valence electrons. The molecule has 5 heteroatoms. The van der Waals surface area contributed by atoms with Crippen LogP contribution in [0.4, 0.5) is 10.5 Å². The van der Waals surface area contributed by atoms with Crippen LogP contribution in [0.5, 0.6) is 0 Å². The van der Waals surface area contributed by atoms with Crippen LogP contribution in [0.2, 0.25) is 0 Å². The zero-order valence-electron chi connectivity index (χ0n) is 12.5. The van der Waals surface area contributed by atoms with Crippen molar-refractivity contribution >= 4 is 22.7 Å². The van der Waals surface area contributed by atoms with E-state index in [9.17, 15) is 4.79 Å². The Kier molecular flexibility index (Phi) is 3.78. The number of nitrogens with one attached hydrogen (secondary N) is 1. The summed E-state index contributed by atoms with van der Waals surface area (Å²) in [7, 11) is 1.73. The van der Waals surface area contributed by atoms with E-state index in [1.54, 1.807) is 11.9 Å². The minimum Gasteiger partial charge on any atom is -0.356 e. The number of carbonyl (C=O) groups excluding carboxylic acids is 1. The first-order valence-corrected chi connectivity index (χ1v) is 7.06. The Morgan fingerprint density at radius 3 is 2.77 bits per heavy atom. The monoisotopic (exact) mass is 295 g/mol. The summed E-state index contributed by atoms with van der Waals surface area (Å²) in [6.07, 6.45) is 0. The second-order valence-electron chi connectivity index (χ2n) is 5.18. The molecule has 1 N–H and O–H groups in total. The molecule has 5 nitrogen and oxygen atoms in total. The standard InChI is InChI=1S/C17H17N3O2/c1-12-8-9-16-14(10-12)15(19-22-16)11-18-17(21)20(2)13-6-4-3-5-7-13/h3-10H,11H2,1-2H3,(H,18,21). The maximum atomic E-state index is 12.2. The molecule has 0 bridgehead atoms. The molecule has 2 aromatic carbocycles. The fourth-order valence-corrected chi connectivity index (χ4v) is 2.28. The van der Waals surface area contributed by atoms with Gasteiger partial charge in [-0.25, -0.2) is 4.79 Å². The van der Waals surface area contributed by atoms with E-state index in [1.807, 2.05) is 55.5 Å². The first-order valence-electron chi connectivity index (χ1n) is 7.06. The summed E-state index contributed by atoms with van der Waals surface area (Å²) in [5, 5.41) is 7.82. The van der Waals surface area contributed by atoms with Gasteiger partial charge in [-0.05, 0) is 31.2 Å². The minimum absolute atomic E-state index is 0.185. The van der Waals surface area contributed by atoms with E-state index in [0.717, 1.165) is 27.9 Å². The number of hydrogen-bond acceptors (Lipinski definition) is 3. The van der Waals surface area contributed by atoms with Crippen molar-refractivity contribution in [3.8, 4) is 0 Å². The molecular weight excluding hydrogens is 278 g/mol. The van der Waals surface area contributed by atoms with E-state index >= 15 is 0 Å². The first kappa shape index (κ1) is 14.1. The largest absolute Gasteiger partial charge is 0.356 e. The molecule has 3 aromatic rings. The van der Waals surface area contributed by atoms with Crippen LogP contribution in [0.3, 0.4) is 0 Å². The number of para-hydroxylation sites is 1. The molecule has 0 fully saturated rings. The number of aryl methyl sites for hydroxylation is 1. The van der Waals surface area contributed by atoms with Crippen LogP contribution < -0.4 is 10.2 Å². The minimum atomic E-state index is -0.185. The number of aromatic nitrogens is 1. The molecule has 2 amide bonds. The van der Waals surface area contributed by atoms with Crippen LogP contribution in [0.25, 0.3) is 11.0 Å². The van der Waals surface area contributed by atoms with Gasteiger partial charge in [-0.15, -0.1) is 0 Å². The van der Waals surface area contributed by atoms with Crippen molar-refractivity contribution in [3.63, 3.8) is 0 Å². The molecule has 3 rings (SSSR count). The molecule has 1 aromatic heterocycles. The Labute approximate surface area is 128 Å². The molecule has 0 radical (unpaired) electrons. The van der Waals surface area contributed by atoms with E-state index in [4.69, 9.17) is 4.52 Å². The molecule has 0 saturated carbocycles. The van der Waals surface area contributed by atoms with Gasteiger partial charge >= 0.3 is 6.03 Å². The van der Waals surface area contributed by atoms with Gasteiger partial charge in [-0.2, -0.15) is 0 Å². The average Bonchev–Trinajstić information content (AvgIpc) is 2.95. The van der Waals surface area contributed by atoms with E-state index in [0.29, 0.717) is 6.54 Å². The van der Waals surface area contributed by atoms with E-state index in [-0.39, 0.29) is 6.03 Å². The average molecular weight is 295 g/mol. The lowest BCUT2D eigenvalue weighted by molar-refractivity contribution is 0.247. The topological polar surface area (TPSA) is 58.4 Å². The van der Waals surface area contributed by atoms with Crippen LogP contribution in [0.1, 0.15) is 11.3 Å². The van der Waals surface area contributed by atoms with Gasteiger partial charge in [0.05, 0.1) is 6.54 Å². The highest BCUT2D eigenvalue weighted by atomic mass is 16.5. The number of carbonyl (C=O) groups is 1. The summed E-state index contributed by atoms with van der Waals surface area (Å²) < 4.78 is 5.27. The highest BCUT2D eigenvalue weighted by Crippen LogP contribution is 2.20. The number of anilines is 1. The molecule has 0 atom stereocenters. The van der Waals surface area contributed by atoms with Crippen molar-refractivity contribution < 1.29 is 9.32 Å². The summed E-state index contributed by atoms with van der Waals surface area (Å²) in [5.74, 6) is 0. The van der Waals surface area contributed by atoms with Crippen LogP contribution >= 0.6 is 0 Å². The third-order valence-corrected chi connectivity index (χ3v) is 3.56. The maximum absolute atomic E-state index is 12.2. The molecular formula is C17H17N3O2. The molecule has 0 aliphatic rings. The predicted molar refractivity (Wildman–Crippen MR) is 85.8 cm³/mol. The fraction of sp³-hybridized carbons (Fsp3) is 0.176. The molecule has 0 aliphatic heterocycles. The lowest BCUT2D eigenvalue weighted by atomic mass is 10.1. The van der Waals surface area contributed by atoms with Crippen molar-refractivity contribution in [2.75, 3.05) is 11.9 Å². The number of nitrogens with zero attached hydrogens (tertiary/aromatic N) is 2. The zero-order chi connectivity index (χ0) is 15.5. The zero-order valence-corrected chi connectivity index (χ0v) is 12.5. The van der Waals surface area contributed by atoms with Gasteiger partial charge in [0.15, 0.2) is 5.58 Å². The Hall–Kier alpha value is -2.82. The van der Waals surface area contributed by atoms with Gasteiger partial charge in [-0.1, -0.05) is 35.0 Å². The van der Waals surface area contributed by atoms with Crippen LogP contribution in [-0.2, 0) is 6.54 Å². The summed E-state index contributed by atoms with van der Waals surface area (Å²) >= 11 is 0. The third-order valence-electron chi connectivity index (χ3n) is 3.56. The Balaban J connectivity index is 1.71. The second-order valence-corrected chi connectivity index (χ2v) is 5.18. The lowest BCUT2D eigenvalue weighted by Crippen LogP contribution is -2.36. The number of rotatable bonds is 3. The quantitative estimate of drug-likeness (QED) is 0.804. The molecule has 22 heavy (non-hydrogen) atoms. The molecule has 1 heterocycles. The van der Waals surface area contributed by atoms with Crippen LogP contribution in [0.15, 0.2) is 53.1 Å². The Morgan fingerprint density at radius 2 is 2.00 bits per heavy atom. The summed E-state index contributed by atoms with van der Waals surface area (Å²) in [6.45, 7) is 2.34. The third kappa shape index (κ3) is 2.79. The van der Waals surface area contributed by atoms with Gasteiger partial charge < -0.3 is 9.84 Å². The smallest absolute Gasteiger partial charge is 0.321 e. The number of urea groups is 1. The van der Waals surface area contributed by atoms with Gasteiger partial charge in [-0.3, -0.25) is 4.90 Å². The van der Waals surface area contributed by atoms with Crippen molar-refractivity contribution in [2.45, 2.75) is 13.5 Å². The van der Waals surface area contributed by atoms with Gasteiger partial charge in [0.1, 0.15) is 5.69 Å².